The molecule has 0 aliphatic carbocycles. The van der Waals surface area contributed by atoms with Gasteiger partial charge in [0.15, 0.2) is 12.1 Å². The molecule has 0 saturated heterocycles. The van der Waals surface area contributed by atoms with Gasteiger partial charge in [-0.15, -0.1) is 0 Å². The van der Waals surface area contributed by atoms with Crippen LogP contribution in [0.2, 0.25) is 0 Å². The van der Waals surface area contributed by atoms with Gasteiger partial charge in [-0.3, -0.25) is 9.59 Å². The predicted molar refractivity (Wildman–Crippen MR) is 206 cm³/mol. The van der Waals surface area contributed by atoms with Crippen molar-refractivity contribution in [3.05, 3.63) is 48.6 Å². The minimum atomic E-state index is -0.884. The second-order valence-corrected chi connectivity index (χ2v) is 14.1. The van der Waals surface area contributed by atoms with Gasteiger partial charge in [0.05, 0.1) is 34.4 Å². The standard InChI is InChI=1S/C42H73NO7/c1-6-8-10-12-14-16-18-20-22-24-26-28-30-32-40(44)49-37-38(36-48-35-34-39(42(46)47)43(3,4)5)50-41(45)33-31-29-27-25-23-21-19-17-15-13-11-9-7-2/h9,11,15-18,21,23,38-39H,6-8,10,12-14,19-20,22,24-37H2,1-5H3/p+1/b11-9-,17-15-,18-16-,23-21-. The zero-order chi connectivity index (χ0) is 37.1. The Morgan fingerprint density at radius 1 is 0.620 bits per heavy atom. The Labute approximate surface area is 306 Å². The highest BCUT2D eigenvalue weighted by molar-refractivity contribution is 5.72. The molecule has 0 bridgehead atoms. The number of hydrogen-bond donors (Lipinski definition) is 1. The Kier molecular flexibility index (Phi) is 31.6. The van der Waals surface area contributed by atoms with Gasteiger partial charge in [0.2, 0.25) is 0 Å². The van der Waals surface area contributed by atoms with Gasteiger partial charge in [0, 0.05) is 19.3 Å². The maximum Gasteiger partial charge on any atom is 0.362 e. The Balaban J connectivity index is 4.48. The lowest BCUT2D eigenvalue weighted by molar-refractivity contribution is -0.887. The first-order chi connectivity index (χ1) is 24.1. The molecule has 0 rings (SSSR count). The van der Waals surface area contributed by atoms with Crippen molar-refractivity contribution in [2.75, 3.05) is 41.0 Å². The highest BCUT2D eigenvalue weighted by Gasteiger charge is 2.31. The van der Waals surface area contributed by atoms with Crippen molar-refractivity contribution in [1.29, 1.82) is 0 Å². The number of carbonyl (C=O) groups excluding carboxylic acids is 2. The van der Waals surface area contributed by atoms with E-state index in [0.29, 0.717) is 19.3 Å². The van der Waals surface area contributed by atoms with Gasteiger partial charge in [-0.1, -0.05) is 107 Å². The third-order valence-corrected chi connectivity index (χ3v) is 8.46. The molecule has 0 spiro atoms. The van der Waals surface area contributed by atoms with Gasteiger partial charge in [-0.25, -0.2) is 4.79 Å². The van der Waals surface area contributed by atoms with Gasteiger partial charge in [0.25, 0.3) is 0 Å². The van der Waals surface area contributed by atoms with Crippen LogP contribution in [0, 0.1) is 0 Å². The van der Waals surface area contributed by atoms with Gasteiger partial charge < -0.3 is 23.8 Å². The lowest BCUT2D eigenvalue weighted by Crippen LogP contribution is -2.50. The zero-order valence-corrected chi connectivity index (χ0v) is 32.6. The van der Waals surface area contributed by atoms with Crippen LogP contribution in [0.5, 0.6) is 0 Å². The number of aliphatic carboxylic acids is 1. The van der Waals surface area contributed by atoms with E-state index in [9.17, 15) is 19.5 Å². The fraction of sp³-hybridized carbons (Fsp3) is 0.738. The van der Waals surface area contributed by atoms with E-state index in [1.165, 1.54) is 38.5 Å². The number of quaternary nitrogens is 1. The minimum absolute atomic E-state index is 0.0455. The van der Waals surface area contributed by atoms with Crippen LogP contribution in [0.25, 0.3) is 0 Å². The Bertz CT molecular complexity index is 964. The summed E-state index contributed by atoms with van der Waals surface area (Å²) in [4.78, 5) is 36.8. The molecule has 0 aromatic heterocycles. The minimum Gasteiger partial charge on any atom is -0.477 e. The van der Waals surface area contributed by atoms with E-state index in [0.717, 1.165) is 77.0 Å². The number of carbonyl (C=O) groups is 3. The second kappa shape index (κ2) is 33.4. The molecule has 0 aromatic carbocycles. The summed E-state index contributed by atoms with van der Waals surface area (Å²) < 4.78 is 17.2. The summed E-state index contributed by atoms with van der Waals surface area (Å²) in [5, 5.41) is 9.58. The van der Waals surface area contributed by atoms with Gasteiger partial charge in [0.1, 0.15) is 6.61 Å². The molecule has 8 heteroatoms. The van der Waals surface area contributed by atoms with E-state index in [1.807, 2.05) is 21.1 Å². The van der Waals surface area contributed by atoms with Crippen molar-refractivity contribution in [3.63, 3.8) is 0 Å². The molecule has 0 fully saturated rings. The Morgan fingerprint density at radius 2 is 1.12 bits per heavy atom. The molecule has 2 atom stereocenters. The Hall–Kier alpha value is -2.71. The number of rotatable bonds is 34. The zero-order valence-electron chi connectivity index (χ0n) is 32.6. The molecule has 50 heavy (non-hydrogen) atoms. The molecular weight excluding hydrogens is 630 g/mol. The average molecular weight is 705 g/mol. The molecule has 0 heterocycles. The molecule has 1 N–H and O–H groups in total. The topological polar surface area (TPSA) is 99.1 Å². The molecule has 0 saturated carbocycles. The third-order valence-electron chi connectivity index (χ3n) is 8.46. The Morgan fingerprint density at radius 3 is 1.70 bits per heavy atom. The van der Waals surface area contributed by atoms with Crippen molar-refractivity contribution in [2.45, 2.75) is 161 Å². The molecule has 0 amide bonds. The number of hydrogen-bond acceptors (Lipinski definition) is 6. The monoisotopic (exact) mass is 705 g/mol. The van der Waals surface area contributed by atoms with Crippen LogP contribution in [0.3, 0.4) is 0 Å². The number of unbranched alkanes of at least 4 members (excludes halogenated alkanes) is 12. The fourth-order valence-electron chi connectivity index (χ4n) is 5.39. The van der Waals surface area contributed by atoms with Crippen LogP contribution in [-0.4, -0.2) is 80.6 Å². The number of likely N-dealkylation sites (N-methyl/N-ethyl adjacent to an activating group) is 1. The highest BCUT2D eigenvalue weighted by atomic mass is 16.6. The van der Waals surface area contributed by atoms with Crippen LogP contribution in [-0.2, 0) is 28.6 Å². The SMILES string of the molecule is CC/C=C\C/C=C\C/C=C\CCCCCC(=O)OC(COCCC(C(=O)O)[N+](C)(C)C)COC(=O)CCCCCCC/C=C\CCCCCC. The van der Waals surface area contributed by atoms with Crippen molar-refractivity contribution in [1.82, 2.24) is 0 Å². The van der Waals surface area contributed by atoms with E-state index in [-0.39, 0.29) is 36.2 Å². The van der Waals surface area contributed by atoms with Crippen molar-refractivity contribution >= 4 is 17.9 Å². The maximum absolute atomic E-state index is 12.6. The number of ether oxygens (including phenoxy) is 3. The summed E-state index contributed by atoms with van der Waals surface area (Å²) in [6, 6.07) is -0.620. The first-order valence-corrected chi connectivity index (χ1v) is 19.7. The summed E-state index contributed by atoms with van der Waals surface area (Å²) >= 11 is 0. The summed E-state index contributed by atoms with van der Waals surface area (Å²) in [5.41, 5.74) is 0. The lowest BCUT2D eigenvalue weighted by Gasteiger charge is -2.31. The maximum atomic E-state index is 12.6. The quantitative estimate of drug-likeness (QED) is 0.0308. The highest BCUT2D eigenvalue weighted by Crippen LogP contribution is 2.12. The second-order valence-electron chi connectivity index (χ2n) is 14.1. The molecule has 0 aromatic rings. The van der Waals surface area contributed by atoms with E-state index in [4.69, 9.17) is 14.2 Å². The smallest absolute Gasteiger partial charge is 0.362 e. The molecule has 8 nitrogen and oxygen atoms in total. The summed E-state index contributed by atoms with van der Waals surface area (Å²) in [6.07, 6.45) is 37.2. The summed E-state index contributed by atoms with van der Waals surface area (Å²) in [7, 11) is 5.50. The van der Waals surface area contributed by atoms with Crippen LogP contribution >= 0.6 is 0 Å². The van der Waals surface area contributed by atoms with Gasteiger partial charge >= 0.3 is 17.9 Å². The molecule has 0 radical (unpaired) electrons. The molecule has 2 unspecified atom stereocenters. The number of nitrogens with zero attached hydrogens (tertiary/aromatic N) is 1. The number of carboxylic acids is 1. The van der Waals surface area contributed by atoms with Crippen LogP contribution < -0.4 is 0 Å². The first-order valence-electron chi connectivity index (χ1n) is 19.7. The number of carboxylic acid groups (broad SMARTS) is 1. The third kappa shape index (κ3) is 31.3. The van der Waals surface area contributed by atoms with Crippen molar-refractivity contribution in [2.24, 2.45) is 0 Å². The molecular formula is C42H74NO7+. The lowest BCUT2D eigenvalue weighted by atomic mass is 10.1. The predicted octanol–water partition coefficient (Wildman–Crippen LogP) is 10.1. The molecule has 288 valence electrons. The molecule has 0 aliphatic rings. The summed E-state index contributed by atoms with van der Waals surface area (Å²) in [5.74, 6) is -1.52. The van der Waals surface area contributed by atoms with Crippen LogP contribution in [0.15, 0.2) is 48.6 Å². The van der Waals surface area contributed by atoms with E-state index in [2.05, 4.69) is 62.5 Å². The number of allylic oxidation sites excluding steroid dienone is 8. The fourth-order valence-corrected chi connectivity index (χ4v) is 5.39. The number of esters is 2. The van der Waals surface area contributed by atoms with Crippen molar-refractivity contribution < 1.29 is 38.2 Å². The van der Waals surface area contributed by atoms with Gasteiger partial charge in [-0.2, -0.15) is 0 Å². The molecule has 0 aliphatic heterocycles. The normalized spacial score (nSPS) is 13.5. The first kappa shape index (κ1) is 47.3. The van der Waals surface area contributed by atoms with Crippen molar-refractivity contribution in [3.8, 4) is 0 Å². The van der Waals surface area contributed by atoms with Crippen LogP contribution in [0.1, 0.15) is 149 Å². The van der Waals surface area contributed by atoms with E-state index < -0.39 is 18.1 Å². The van der Waals surface area contributed by atoms with Crippen LogP contribution in [0.4, 0.5) is 0 Å². The van der Waals surface area contributed by atoms with E-state index >= 15 is 0 Å². The summed E-state index contributed by atoms with van der Waals surface area (Å²) in [6.45, 7) is 4.54. The largest absolute Gasteiger partial charge is 0.477 e. The average Bonchev–Trinajstić information content (AvgIpc) is 3.06. The van der Waals surface area contributed by atoms with Gasteiger partial charge in [-0.05, 0) is 70.6 Å². The van der Waals surface area contributed by atoms with E-state index in [1.54, 1.807) is 0 Å².